The fourth-order valence-corrected chi connectivity index (χ4v) is 4.55. The van der Waals surface area contributed by atoms with Gasteiger partial charge in [-0.05, 0) is 61.4 Å². The lowest BCUT2D eigenvalue weighted by Crippen LogP contribution is -2.44. The molecule has 2 aromatic carbocycles. The lowest BCUT2D eigenvalue weighted by Gasteiger charge is -2.30. The lowest BCUT2D eigenvalue weighted by atomic mass is 10.2. The molecule has 188 valence electrons. The first-order valence-electron chi connectivity index (χ1n) is 12.3. The minimum absolute atomic E-state index is 0.00968. The maximum absolute atomic E-state index is 13.2. The molecule has 35 heavy (non-hydrogen) atoms. The third kappa shape index (κ3) is 7.85. The van der Waals surface area contributed by atoms with Gasteiger partial charge in [-0.2, -0.15) is 0 Å². The first-order valence-corrected chi connectivity index (χ1v) is 12.7. The van der Waals surface area contributed by atoms with Crippen molar-refractivity contribution in [3.8, 4) is 0 Å². The highest BCUT2D eigenvalue weighted by Gasteiger charge is 2.19. The molecular formula is C26H34ClN5O3. The topological polar surface area (TPSA) is 85.9 Å². The molecule has 9 heteroatoms. The van der Waals surface area contributed by atoms with Crippen LogP contribution in [0.3, 0.4) is 0 Å². The molecule has 1 aliphatic heterocycles. The number of nitrogens with zero attached hydrogens (tertiary/aromatic N) is 2. The van der Waals surface area contributed by atoms with E-state index in [1.54, 1.807) is 29.2 Å². The molecule has 8 nitrogen and oxygen atoms in total. The maximum atomic E-state index is 13.2. The minimum Gasteiger partial charge on any atom is -0.379 e. The fraction of sp³-hybridized carbons (Fsp3) is 0.462. The van der Waals surface area contributed by atoms with Crippen LogP contribution in [0.5, 0.6) is 0 Å². The maximum Gasteiger partial charge on any atom is 0.326 e. The van der Waals surface area contributed by atoms with Crippen molar-refractivity contribution in [1.82, 2.24) is 10.2 Å². The third-order valence-corrected chi connectivity index (χ3v) is 6.69. The second kappa shape index (κ2) is 12.8. The van der Waals surface area contributed by atoms with Crippen LogP contribution in [0.1, 0.15) is 25.7 Å². The molecule has 1 heterocycles. The summed E-state index contributed by atoms with van der Waals surface area (Å²) in [6, 6.07) is 14.8. The van der Waals surface area contributed by atoms with Crippen LogP contribution in [-0.2, 0) is 9.53 Å². The Morgan fingerprint density at radius 3 is 2.31 bits per heavy atom. The summed E-state index contributed by atoms with van der Waals surface area (Å²) >= 11 is 5.97. The normalized spacial score (nSPS) is 16.6. The van der Waals surface area contributed by atoms with E-state index < -0.39 is 0 Å². The Labute approximate surface area is 211 Å². The molecule has 0 radical (unpaired) electrons. The van der Waals surface area contributed by atoms with E-state index in [9.17, 15) is 9.59 Å². The Kier molecular flexibility index (Phi) is 9.22. The van der Waals surface area contributed by atoms with Crippen molar-refractivity contribution in [2.75, 3.05) is 61.5 Å². The van der Waals surface area contributed by atoms with E-state index in [4.69, 9.17) is 16.3 Å². The molecule has 4 rings (SSSR count). The second-order valence-electron chi connectivity index (χ2n) is 8.99. The third-order valence-electron chi connectivity index (χ3n) is 6.44. The Morgan fingerprint density at radius 1 is 0.971 bits per heavy atom. The molecule has 2 aromatic rings. The van der Waals surface area contributed by atoms with Gasteiger partial charge >= 0.3 is 6.03 Å². The smallest absolute Gasteiger partial charge is 0.326 e. The van der Waals surface area contributed by atoms with Gasteiger partial charge in [-0.15, -0.1) is 0 Å². The van der Waals surface area contributed by atoms with E-state index in [0.717, 1.165) is 43.9 Å². The molecule has 2 fully saturated rings. The highest BCUT2D eigenvalue weighted by Crippen LogP contribution is 2.21. The van der Waals surface area contributed by atoms with Crippen molar-refractivity contribution in [2.45, 2.75) is 31.7 Å². The largest absolute Gasteiger partial charge is 0.379 e. The van der Waals surface area contributed by atoms with E-state index >= 15 is 0 Å². The number of hydrogen-bond acceptors (Lipinski definition) is 5. The summed E-state index contributed by atoms with van der Waals surface area (Å²) in [4.78, 5) is 29.4. The van der Waals surface area contributed by atoms with Crippen molar-refractivity contribution in [2.24, 2.45) is 0 Å². The van der Waals surface area contributed by atoms with Gasteiger partial charge in [0, 0.05) is 54.3 Å². The van der Waals surface area contributed by atoms with Crippen molar-refractivity contribution >= 4 is 40.6 Å². The first-order chi connectivity index (χ1) is 17.1. The summed E-state index contributed by atoms with van der Waals surface area (Å²) in [6.45, 7) is 4.66. The van der Waals surface area contributed by atoms with Gasteiger partial charge in [0.05, 0.1) is 19.8 Å². The van der Waals surface area contributed by atoms with Crippen LogP contribution >= 0.6 is 11.6 Å². The number of morpholine rings is 1. The lowest BCUT2D eigenvalue weighted by molar-refractivity contribution is -0.120. The van der Waals surface area contributed by atoms with Crippen molar-refractivity contribution in [3.05, 3.63) is 53.6 Å². The highest BCUT2D eigenvalue weighted by molar-refractivity contribution is 6.30. The van der Waals surface area contributed by atoms with Gasteiger partial charge in [-0.3, -0.25) is 14.6 Å². The minimum atomic E-state index is -0.211. The van der Waals surface area contributed by atoms with Crippen LogP contribution in [0, 0.1) is 0 Å². The van der Waals surface area contributed by atoms with E-state index in [1.807, 2.05) is 24.3 Å². The van der Waals surface area contributed by atoms with Crippen molar-refractivity contribution in [3.63, 3.8) is 0 Å². The van der Waals surface area contributed by atoms with E-state index in [1.165, 1.54) is 12.8 Å². The quantitative estimate of drug-likeness (QED) is 0.482. The van der Waals surface area contributed by atoms with E-state index in [-0.39, 0.29) is 18.5 Å². The number of carbonyl (C=O) groups is 2. The number of urea groups is 1. The zero-order valence-electron chi connectivity index (χ0n) is 20.0. The molecule has 0 bridgehead atoms. The average molecular weight is 500 g/mol. The molecule has 1 saturated carbocycles. The van der Waals surface area contributed by atoms with Gasteiger partial charge in [0.15, 0.2) is 0 Å². The van der Waals surface area contributed by atoms with Crippen molar-refractivity contribution < 1.29 is 14.3 Å². The molecule has 3 N–H and O–H groups in total. The molecule has 2 aliphatic rings. The van der Waals surface area contributed by atoms with Gasteiger partial charge in [0.2, 0.25) is 5.91 Å². The monoisotopic (exact) mass is 499 g/mol. The Balaban J connectivity index is 1.37. The van der Waals surface area contributed by atoms with Crippen LogP contribution in [0.2, 0.25) is 5.02 Å². The number of amides is 3. The average Bonchev–Trinajstić information content (AvgIpc) is 3.39. The molecule has 0 aromatic heterocycles. The van der Waals surface area contributed by atoms with Gasteiger partial charge in [-0.25, -0.2) is 4.79 Å². The van der Waals surface area contributed by atoms with Crippen LogP contribution in [0.25, 0.3) is 0 Å². The van der Waals surface area contributed by atoms with Crippen LogP contribution < -0.4 is 20.9 Å². The number of carbonyl (C=O) groups excluding carboxylic acids is 2. The number of rotatable bonds is 9. The summed E-state index contributed by atoms with van der Waals surface area (Å²) in [5.74, 6) is 0.00968. The number of hydrogen-bond donors (Lipinski definition) is 3. The molecule has 0 spiro atoms. The summed E-state index contributed by atoms with van der Waals surface area (Å²) in [7, 11) is 0. The zero-order chi connectivity index (χ0) is 24.5. The molecular weight excluding hydrogens is 466 g/mol. The van der Waals surface area contributed by atoms with E-state index in [0.29, 0.717) is 36.5 Å². The summed E-state index contributed by atoms with van der Waals surface area (Å²) in [6.07, 6.45) is 4.51. The summed E-state index contributed by atoms with van der Waals surface area (Å²) in [5.41, 5.74) is 2.30. The Hall–Kier alpha value is -2.81. The number of halogens is 1. The van der Waals surface area contributed by atoms with Gasteiger partial charge < -0.3 is 20.7 Å². The van der Waals surface area contributed by atoms with Gasteiger partial charge in [0.1, 0.15) is 0 Å². The number of ether oxygens (including phenoxy) is 1. The van der Waals surface area contributed by atoms with Gasteiger partial charge in [-0.1, -0.05) is 24.4 Å². The fourth-order valence-electron chi connectivity index (χ4n) is 4.43. The number of anilines is 3. The van der Waals surface area contributed by atoms with Crippen molar-refractivity contribution in [1.29, 1.82) is 0 Å². The zero-order valence-corrected chi connectivity index (χ0v) is 20.7. The standard InChI is InChI=1S/C26H34ClN5O3/c27-20-5-7-23(8-6-20)30-26(34)32(14-13-31-15-17-35-18-16-31)24-11-9-21(10-12-24)28-19-25(33)29-22-3-1-2-4-22/h5-12,22,28H,1-4,13-19H2,(H,29,33)(H,30,34). The van der Waals surface area contributed by atoms with Gasteiger partial charge in [0.25, 0.3) is 0 Å². The molecule has 3 amide bonds. The Morgan fingerprint density at radius 2 is 1.63 bits per heavy atom. The van der Waals surface area contributed by atoms with Crippen LogP contribution in [0.15, 0.2) is 48.5 Å². The first kappa shape index (κ1) is 25.3. The molecule has 1 aliphatic carbocycles. The summed E-state index contributed by atoms with van der Waals surface area (Å²) in [5, 5.41) is 9.84. The predicted molar refractivity (Wildman–Crippen MR) is 140 cm³/mol. The highest BCUT2D eigenvalue weighted by atomic mass is 35.5. The number of benzene rings is 2. The summed E-state index contributed by atoms with van der Waals surface area (Å²) < 4.78 is 5.44. The molecule has 0 unspecified atom stereocenters. The Bertz CT molecular complexity index is 958. The second-order valence-corrected chi connectivity index (χ2v) is 9.43. The van der Waals surface area contributed by atoms with Crippen LogP contribution in [-0.4, -0.2) is 68.8 Å². The molecule has 1 saturated heterocycles. The van der Waals surface area contributed by atoms with Crippen LogP contribution in [0.4, 0.5) is 21.9 Å². The predicted octanol–water partition coefficient (Wildman–Crippen LogP) is 4.18. The number of nitrogens with one attached hydrogen (secondary N) is 3. The molecule has 0 atom stereocenters. The SMILES string of the molecule is O=C(CNc1ccc(N(CCN2CCOCC2)C(=O)Nc2ccc(Cl)cc2)cc1)NC1CCCC1. The van der Waals surface area contributed by atoms with E-state index in [2.05, 4.69) is 20.9 Å².